The fraction of sp³-hybridized carbons (Fsp3) is 0.526. The highest BCUT2D eigenvalue weighted by Gasteiger charge is 2.29. The van der Waals surface area contributed by atoms with Gasteiger partial charge in [-0.2, -0.15) is 0 Å². The molecule has 2 amide bonds. The quantitative estimate of drug-likeness (QED) is 0.803. The number of hydrogen-bond donors (Lipinski definition) is 2. The molecule has 0 saturated carbocycles. The van der Waals surface area contributed by atoms with Crippen LogP contribution >= 0.6 is 0 Å². The van der Waals surface area contributed by atoms with Gasteiger partial charge in [-0.25, -0.2) is 9.59 Å². The van der Waals surface area contributed by atoms with E-state index in [2.05, 4.69) is 5.32 Å². The third-order valence-electron chi connectivity index (χ3n) is 3.76. The van der Waals surface area contributed by atoms with Crippen LogP contribution in [0.15, 0.2) is 18.2 Å². The Morgan fingerprint density at radius 3 is 2.38 bits per heavy atom. The number of nitrogens with one attached hydrogen (secondary N) is 1. The molecule has 7 heteroatoms. The minimum Gasteiger partial charge on any atom is -0.478 e. The molecule has 0 spiro atoms. The molecule has 0 radical (unpaired) electrons. The minimum atomic E-state index is -1.06. The second-order valence-electron chi connectivity index (χ2n) is 7.12. The Labute approximate surface area is 154 Å². The second-order valence-corrected chi connectivity index (χ2v) is 7.12. The molecule has 7 nitrogen and oxygen atoms in total. The third-order valence-corrected chi connectivity index (χ3v) is 3.76. The van der Waals surface area contributed by atoms with Gasteiger partial charge < -0.3 is 15.2 Å². The Balaban J connectivity index is 2.98. The predicted molar refractivity (Wildman–Crippen MR) is 99.5 cm³/mol. The van der Waals surface area contributed by atoms with Gasteiger partial charge >= 0.3 is 12.1 Å². The van der Waals surface area contributed by atoms with Crippen LogP contribution < -0.4 is 5.32 Å². The first-order valence-electron chi connectivity index (χ1n) is 8.61. The fourth-order valence-corrected chi connectivity index (χ4v) is 2.39. The van der Waals surface area contributed by atoms with Gasteiger partial charge in [0.2, 0.25) is 5.91 Å². The van der Waals surface area contributed by atoms with Crippen molar-refractivity contribution in [3.05, 3.63) is 29.3 Å². The number of anilines is 1. The van der Waals surface area contributed by atoms with Crippen LogP contribution in [0.4, 0.5) is 10.5 Å². The summed E-state index contributed by atoms with van der Waals surface area (Å²) in [5, 5.41) is 11.9. The smallest absolute Gasteiger partial charge is 0.410 e. The molecule has 0 aliphatic heterocycles. The molecule has 1 rings (SSSR count). The van der Waals surface area contributed by atoms with Crippen LogP contribution in [-0.4, -0.2) is 46.2 Å². The van der Waals surface area contributed by atoms with Crippen molar-refractivity contribution < 1.29 is 24.2 Å². The lowest BCUT2D eigenvalue weighted by Gasteiger charge is -2.31. The van der Waals surface area contributed by atoms with E-state index >= 15 is 0 Å². The van der Waals surface area contributed by atoms with E-state index in [9.17, 15) is 19.5 Å². The molecule has 144 valence electrons. The van der Waals surface area contributed by atoms with Crippen molar-refractivity contribution in [2.24, 2.45) is 0 Å². The number of aromatic carboxylic acids is 1. The average molecular weight is 364 g/mol. The van der Waals surface area contributed by atoms with Crippen molar-refractivity contribution in [1.29, 1.82) is 0 Å². The van der Waals surface area contributed by atoms with E-state index < -0.39 is 29.6 Å². The van der Waals surface area contributed by atoms with E-state index in [4.69, 9.17) is 4.74 Å². The number of carbonyl (C=O) groups is 3. The summed E-state index contributed by atoms with van der Waals surface area (Å²) >= 11 is 0. The number of carbonyl (C=O) groups excluding carboxylic acids is 2. The van der Waals surface area contributed by atoms with E-state index in [1.807, 2.05) is 6.92 Å². The number of carboxylic acids is 1. The zero-order valence-electron chi connectivity index (χ0n) is 16.3. The summed E-state index contributed by atoms with van der Waals surface area (Å²) < 4.78 is 5.38. The maximum absolute atomic E-state index is 12.6. The SMILES string of the molecule is CCCN(C(=O)OC(C)(C)C)[C@@H](C)C(=O)Nc1cccc(C(=O)O)c1C. The number of rotatable bonds is 6. The van der Waals surface area contributed by atoms with Gasteiger partial charge in [0.1, 0.15) is 11.6 Å². The first-order chi connectivity index (χ1) is 12.0. The molecule has 0 bridgehead atoms. The van der Waals surface area contributed by atoms with E-state index in [1.165, 1.54) is 11.0 Å². The normalized spacial score (nSPS) is 12.2. The van der Waals surface area contributed by atoms with Crippen molar-refractivity contribution in [3.63, 3.8) is 0 Å². The largest absolute Gasteiger partial charge is 0.478 e. The molecule has 0 aromatic heterocycles. The van der Waals surface area contributed by atoms with Gasteiger partial charge in [-0.1, -0.05) is 13.0 Å². The van der Waals surface area contributed by atoms with Crippen LogP contribution in [0.3, 0.4) is 0 Å². The lowest BCUT2D eigenvalue weighted by molar-refractivity contribution is -0.120. The number of nitrogens with zero attached hydrogens (tertiary/aromatic N) is 1. The lowest BCUT2D eigenvalue weighted by atomic mass is 10.1. The van der Waals surface area contributed by atoms with Crippen molar-refractivity contribution in [1.82, 2.24) is 4.90 Å². The predicted octanol–water partition coefficient (Wildman–Crippen LogP) is 3.67. The zero-order valence-corrected chi connectivity index (χ0v) is 16.3. The second kappa shape index (κ2) is 8.69. The summed E-state index contributed by atoms with van der Waals surface area (Å²) in [6.07, 6.45) is 0.114. The summed E-state index contributed by atoms with van der Waals surface area (Å²) in [6.45, 7) is 10.8. The Kier molecular flexibility index (Phi) is 7.18. The Bertz CT molecular complexity index is 679. The van der Waals surface area contributed by atoms with Crippen molar-refractivity contribution in [2.45, 2.75) is 59.6 Å². The summed E-state index contributed by atoms with van der Waals surface area (Å²) in [5.41, 5.74) is 0.321. The van der Waals surface area contributed by atoms with E-state index in [-0.39, 0.29) is 5.56 Å². The standard InChI is InChI=1S/C19H28N2O5/c1-7-11-21(18(25)26-19(4,5)6)13(3)16(22)20-15-10-8-9-14(12(15)2)17(23)24/h8-10,13H,7,11H2,1-6H3,(H,20,22)(H,23,24)/t13-/m0/s1. The van der Waals surface area contributed by atoms with Gasteiger partial charge in [-0.05, 0) is 58.7 Å². The van der Waals surface area contributed by atoms with Crippen LogP contribution in [0.2, 0.25) is 0 Å². The maximum atomic E-state index is 12.6. The highest BCUT2D eigenvalue weighted by molar-refractivity contribution is 5.99. The van der Waals surface area contributed by atoms with Gasteiger partial charge in [0.15, 0.2) is 0 Å². The molecule has 0 unspecified atom stereocenters. The van der Waals surface area contributed by atoms with Crippen LogP contribution in [0.1, 0.15) is 57.0 Å². The molecule has 26 heavy (non-hydrogen) atoms. The summed E-state index contributed by atoms with van der Waals surface area (Å²) in [4.78, 5) is 37.6. The van der Waals surface area contributed by atoms with Gasteiger partial charge in [-0.15, -0.1) is 0 Å². The average Bonchev–Trinajstić information content (AvgIpc) is 2.51. The number of ether oxygens (including phenoxy) is 1. The number of hydrogen-bond acceptors (Lipinski definition) is 4. The van der Waals surface area contributed by atoms with Gasteiger partial charge in [0.05, 0.1) is 5.56 Å². The number of carboxylic acid groups (broad SMARTS) is 1. The highest BCUT2D eigenvalue weighted by Crippen LogP contribution is 2.20. The molecule has 0 heterocycles. The topological polar surface area (TPSA) is 95.9 Å². The molecule has 0 fully saturated rings. The summed E-state index contributed by atoms with van der Waals surface area (Å²) in [5.74, 6) is -1.47. The molecule has 1 aromatic carbocycles. The van der Waals surface area contributed by atoms with Crippen molar-refractivity contribution >= 4 is 23.7 Å². The molecule has 0 saturated heterocycles. The number of amides is 2. The van der Waals surface area contributed by atoms with Crippen molar-refractivity contribution in [2.75, 3.05) is 11.9 Å². The molecule has 0 aliphatic rings. The first kappa shape index (κ1) is 21.5. The molecular weight excluding hydrogens is 336 g/mol. The van der Waals surface area contributed by atoms with E-state index in [0.29, 0.717) is 24.2 Å². The number of benzene rings is 1. The third kappa shape index (κ3) is 5.75. The molecule has 1 aromatic rings. The van der Waals surface area contributed by atoms with Gasteiger partial charge in [0.25, 0.3) is 0 Å². The highest BCUT2D eigenvalue weighted by atomic mass is 16.6. The van der Waals surface area contributed by atoms with Crippen LogP contribution in [0.5, 0.6) is 0 Å². The van der Waals surface area contributed by atoms with Crippen LogP contribution in [-0.2, 0) is 9.53 Å². The summed E-state index contributed by atoms with van der Waals surface area (Å²) in [7, 11) is 0. The molecule has 2 N–H and O–H groups in total. The van der Waals surface area contributed by atoms with Gasteiger partial charge in [-0.3, -0.25) is 9.69 Å². The summed E-state index contributed by atoms with van der Waals surface area (Å²) in [6, 6.07) is 3.90. The Morgan fingerprint density at radius 2 is 1.88 bits per heavy atom. The minimum absolute atomic E-state index is 0.119. The molecular formula is C19H28N2O5. The lowest BCUT2D eigenvalue weighted by Crippen LogP contribution is -2.48. The van der Waals surface area contributed by atoms with Crippen molar-refractivity contribution in [3.8, 4) is 0 Å². The van der Waals surface area contributed by atoms with E-state index in [1.54, 1.807) is 46.8 Å². The first-order valence-corrected chi connectivity index (χ1v) is 8.61. The zero-order chi connectivity index (χ0) is 20.1. The molecule has 1 atom stereocenters. The Morgan fingerprint density at radius 1 is 1.27 bits per heavy atom. The van der Waals surface area contributed by atoms with Crippen LogP contribution in [0, 0.1) is 6.92 Å². The van der Waals surface area contributed by atoms with Gasteiger partial charge in [0, 0.05) is 12.2 Å². The monoisotopic (exact) mass is 364 g/mol. The Hall–Kier alpha value is -2.57. The molecule has 0 aliphatic carbocycles. The fourth-order valence-electron chi connectivity index (χ4n) is 2.39. The van der Waals surface area contributed by atoms with Crippen LogP contribution in [0.25, 0.3) is 0 Å². The van der Waals surface area contributed by atoms with E-state index in [0.717, 1.165) is 0 Å². The maximum Gasteiger partial charge on any atom is 0.410 e.